The largest absolute Gasteiger partial charge is 0.492 e. The molecule has 0 amide bonds. The van der Waals surface area contributed by atoms with E-state index in [0.29, 0.717) is 18.3 Å². The molecule has 112 valence electrons. The number of nitrogens with zero attached hydrogens (tertiary/aromatic N) is 1. The molecule has 21 heavy (non-hydrogen) atoms. The highest BCUT2D eigenvalue weighted by Crippen LogP contribution is 2.34. The molecule has 2 aromatic rings. The van der Waals surface area contributed by atoms with E-state index in [9.17, 15) is 0 Å². The molecule has 0 spiro atoms. The molecule has 0 atom stereocenters. The maximum Gasteiger partial charge on any atom is 0.144 e. The van der Waals surface area contributed by atoms with E-state index in [1.807, 2.05) is 25.1 Å². The van der Waals surface area contributed by atoms with Crippen LogP contribution < -0.4 is 15.4 Å². The van der Waals surface area contributed by atoms with Crippen molar-refractivity contribution in [3.05, 3.63) is 54.1 Å². The Balaban J connectivity index is 2.32. The Kier molecular flexibility index (Phi) is 5.09. The van der Waals surface area contributed by atoms with Gasteiger partial charge in [0.05, 0.1) is 18.0 Å². The van der Waals surface area contributed by atoms with Crippen molar-refractivity contribution < 1.29 is 4.74 Å². The second-order valence-electron chi connectivity index (χ2n) is 5.33. The lowest BCUT2D eigenvalue weighted by Gasteiger charge is -2.30. The lowest BCUT2D eigenvalue weighted by Crippen LogP contribution is -2.30. The Morgan fingerprint density at radius 3 is 2.38 bits per heavy atom. The average Bonchev–Trinajstić information content (AvgIpc) is 2.48. The number of ether oxygens (including phenoxy) is 1. The van der Waals surface area contributed by atoms with Crippen LogP contribution in [0.2, 0.25) is 0 Å². The normalized spacial score (nSPS) is 10.7. The van der Waals surface area contributed by atoms with Gasteiger partial charge in [0.1, 0.15) is 5.75 Å². The van der Waals surface area contributed by atoms with E-state index < -0.39 is 0 Å². The van der Waals surface area contributed by atoms with Crippen molar-refractivity contribution >= 4 is 11.4 Å². The first-order valence-electron chi connectivity index (χ1n) is 7.45. The van der Waals surface area contributed by atoms with Gasteiger partial charge in [-0.25, -0.2) is 0 Å². The zero-order valence-corrected chi connectivity index (χ0v) is 13.0. The summed E-state index contributed by atoms with van der Waals surface area (Å²) in [7, 11) is 0. The van der Waals surface area contributed by atoms with E-state index in [-0.39, 0.29) is 0 Å². The predicted octanol–water partition coefficient (Wildman–Crippen LogP) is 4.08. The number of nitrogens with two attached hydrogens (primary N) is 1. The second-order valence-corrected chi connectivity index (χ2v) is 5.33. The summed E-state index contributed by atoms with van der Waals surface area (Å²) in [6.07, 6.45) is 0. The minimum Gasteiger partial charge on any atom is -0.492 e. The van der Waals surface area contributed by atoms with E-state index >= 15 is 0 Å². The van der Waals surface area contributed by atoms with E-state index in [1.54, 1.807) is 0 Å². The predicted molar refractivity (Wildman–Crippen MR) is 89.8 cm³/mol. The number of rotatable bonds is 6. The number of hydrogen-bond acceptors (Lipinski definition) is 3. The van der Waals surface area contributed by atoms with Crippen molar-refractivity contribution in [3.63, 3.8) is 0 Å². The van der Waals surface area contributed by atoms with Crippen LogP contribution in [-0.2, 0) is 6.54 Å². The third-order valence-electron chi connectivity index (χ3n) is 3.47. The zero-order valence-electron chi connectivity index (χ0n) is 13.0. The molecule has 0 aromatic heterocycles. The van der Waals surface area contributed by atoms with Crippen LogP contribution in [0.3, 0.4) is 0 Å². The molecule has 2 rings (SSSR count). The summed E-state index contributed by atoms with van der Waals surface area (Å²) in [6, 6.07) is 16.8. The van der Waals surface area contributed by atoms with Gasteiger partial charge in [0.2, 0.25) is 0 Å². The van der Waals surface area contributed by atoms with E-state index in [4.69, 9.17) is 10.5 Å². The highest BCUT2D eigenvalue weighted by molar-refractivity contribution is 5.74. The molecule has 3 heteroatoms. The van der Waals surface area contributed by atoms with Crippen LogP contribution in [0.15, 0.2) is 48.5 Å². The zero-order chi connectivity index (χ0) is 15.2. The van der Waals surface area contributed by atoms with E-state index in [2.05, 4.69) is 49.1 Å². The highest BCUT2D eigenvalue weighted by Gasteiger charge is 2.16. The molecule has 0 saturated carbocycles. The van der Waals surface area contributed by atoms with Gasteiger partial charge in [-0.3, -0.25) is 0 Å². The van der Waals surface area contributed by atoms with Crippen molar-refractivity contribution in [1.29, 1.82) is 0 Å². The van der Waals surface area contributed by atoms with Gasteiger partial charge in [0.25, 0.3) is 0 Å². The van der Waals surface area contributed by atoms with Crippen LogP contribution in [0.1, 0.15) is 26.3 Å². The smallest absolute Gasteiger partial charge is 0.144 e. The number of para-hydroxylation sites is 1. The minimum absolute atomic E-state index is 0.351. The van der Waals surface area contributed by atoms with E-state index in [0.717, 1.165) is 18.0 Å². The lowest BCUT2D eigenvalue weighted by molar-refractivity contribution is 0.342. The number of nitrogen functional groups attached to an aromatic ring is 1. The van der Waals surface area contributed by atoms with Gasteiger partial charge in [-0.15, -0.1) is 0 Å². The fourth-order valence-corrected chi connectivity index (χ4v) is 2.39. The molecule has 0 aliphatic carbocycles. The van der Waals surface area contributed by atoms with E-state index in [1.165, 1.54) is 5.56 Å². The van der Waals surface area contributed by atoms with Crippen LogP contribution in [0, 0.1) is 0 Å². The topological polar surface area (TPSA) is 38.5 Å². The Bertz CT molecular complexity index is 567. The molecule has 0 saturated heterocycles. The molecule has 0 radical (unpaired) electrons. The fraction of sp³-hybridized carbons (Fsp3) is 0.333. The maximum atomic E-state index is 6.30. The maximum absolute atomic E-state index is 6.30. The lowest BCUT2D eigenvalue weighted by atomic mass is 10.1. The summed E-state index contributed by atoms with van der Waals surface area (Å²) < 4.78 is 5.61. The number of hydrogen-bond donors (Lipinski definition) is 1. The molecule has 0 bridgehead atoms. The first-order chi connectivity index (χ1) is 10.1. The summed E-state index contributed by atoms with van der Waals surface area (Å²) in [5.41, 5.74) is 9.31. The van der Waals surface area contributed by atoms with Crippen molar-refractivity contribution in [2.75, 3.05) is 17.2 Å². The third kappa shape index (κ3) is 3.69. The van der Waals surface area contributed by atoms with Crippen molar-refractivity contribution in [1.82, 2.24) is 0 Å². The van der Waals surface area contributed by atoms with Crippen molar-refractivity contribution in [2.45, 2.75) is 33.4 Å². The summed E-state index contributed by atoms with van der Waals surface area (Å²) in [4.78, 5) is 2.30. The molecule has 0 aliphatic rings. The summed E-state index contributed by atoms with van der Waals surface area (Å²) >= 11 is 0. The van der Waals surface area contributed by atoms with Gasteiger partial charge in [-0.1, -0.05) is 36.4 Å². The molecular formula is C18H24N2O. The molecule has 3 nitrogen and oxygen atoms in total. The first kappa shape index (κ1) is 15.2. The fourth-order valence-electron chi connectivity index (χ4n) is 2.39. The van der Waals surface area contributed by atoms with Crippen LogP contribution in [0.25, 0.3) is 0 Å². The number of benzene rings is 2. The monoisotopic (exact) mass is 284 g/mol. The minimum atomic E-state index is 0.351. The van der Waals surface area contributed by atoms with Gasteiger partial charge in [0.15, 0.2) is 0 Å². The highest BCUT2D eigenvalue weighted by atomic mass is 16.5. The molecular weight excluding hydrogens is 260 g/mol. The van der Waals surface area contributed by atoms with Gasteiger partial charge in [-0.05, 0) is 38.5 Å². The second kappa shape index (κ2) is 7.02. The van der Waals surface area contributed by atoms with Gasteiger partial charge in [0, 0.05) is 12.6 Å². The molecule has 0 aliphatic heterocycles. The summed E-state index contributed by atoms with van der Waals surface area (Å²) in [6.45, 7) is 7.77. The summed E-state index contributed by atoms with van der Waals surface area (Å²) in [5.74, 6) is 0.758. The van der Waals surface area contributed by atoms with Crippen molar-refractivity contribution in [3.8, 4) is 5.75 Å². The Morgan fingerprint density at radius 2 is 1.76 bits per heavy atom. The third-order valence-corrected chi connectivity index (χ3v) is 3.47. The van der Waals surface area contributed by atoms with Crippen LogP contribution >= 0.6 is 0 Å². The van der Waals surface area contributed by atoms with Gasteiger partial charge < -0.3 is 15.4 Å². The Morgan fingerprint density at radius 1 is 1.05 bits per heavy atom. The SMILES string of the molecule is CCOc1cccc(N(Cc2ccccc2)C(C)C)c1N. The van der Waals surface area contributed by atoms with Crippen LogP contribution in [-0.4, -0.2) is 12.6 Å². The van der Waals surface area contributed by atoms with Crippen LogP contribution in [0.4, 0.5) is 11.4 Å². The number of anilines is 2. The summed E-state index contributed by atoms with van der Waals surface area (Å²) in [5, 5.41) is 0. The molecule has 2 aromatic carbocycles. The van der Waals surface area contributed by atoms with Crippen LogP contribution in [0.5, 0.6) is 5.75 Å². The van der Waals surface area contributed by atoms with Gasteiger partial charge >= 0.3 is 0 Å². The van der Waals surface area contributed by atoms with Crippen molar-refractivity contribution in [2.24, 2.45) is 0 Å². The first-order valence-corrected chi connectivity index (χ1v) is 7.45. The Hall–Kier alpha value is -2.16. The Labute approximate surface area is 127 Å². The average molecular weight is 284 g/mol. The molecule has 0 fully saturated rings. The molecule has 0 unspecified atom stereocenters. The quantitative estimate of drug-likeness (QED) is 0.812. The molecule has 0 heterocycles. The molecule has 2 N–H and O–H groups in total. The van der Waals surface area contributed by atoms with Gasteiger partial charge in [-0.2, -0.15) is 0 Å². The standard InChI is InChI=1S/C18H24N2O/c1-4-21-17-12-8-11-16(18(17)19)20(14(2)3)13-15-9-6-5-7-10-15/h5-12,14H,4,13,19H2,1-3H3.